The number of aromatic nitrogens is 2. The molecule has 1 saturated carbocycles. The molecule has 0 saturated heterocycles. The molecule has 5 nitrogen and oxygen atoms in total. The summed E-state index contributed by atoms with van der Waals surface area (Å²) in [5.41, 5.74) is 6.89. The van der Waals surface area contributed by atoms with E-state index in [1.54, 1.807) is 0 Å². The second-order valence-electron chi connectivity index (χ2n) is 6.07. The van der Waals surface area contributed by atoms with E-state index in [1.165, 1.54) is 12.8 Å². The number of aliphatic hydroxyl groups is 1. The Balaban J connectivity index is 2.23. The third-order valence-corrected chi connectivity index (χ3v) is 4.18. The number of nitrogens with one attached hydrogen (secondary N) is 1. The molecule has 112 valence electrons. The first-order valence-corrected chi connectivity index (χ1v) is 7.54. The molecule has 1 fully saturated rings. The summed E-state index contributed by atoms with van der Waals surface area (Å²) >= 11 is 0. The second-order valence-corrected chi connectivity index (χ2v) is 6.07. The Morgan fingerprint density at radius 1 is 1.30 bits per heavy atom. The van der Waals surface area contributed by atoms with E-state index >= 15 is 0 Å². The lowest BCUT2D eigenvalue weighted by molar-refractivity contribution is 0.178. The van der Waals surface area contributed by atoms with Gasteiger partial charge in [0.25, 0.3) is 0 Å². The Morgan fingerprint density at radius 2 is 2.00 bits per heavy atom. The SMILES string of the molecule is Cc1c(N)nc(C(C)C)nc1NC1CCCCC1CO. The number of aliphatic hydroxyl groups excluding tert-OH is 1. The molecule has 0 aromatic carbocycles. The average Bonchev–Trinajstić information content (AvgIpc) is 2.44. The van der Waals surface area contributed by atoms with Crippen molar-refractivity contribution in [2.75, 3.05) is 17.7 Å². The van der Waals surface area contributed by atoms with E-state index in [9.17, 15) is 5.11 Å². The first-order chi connectivity index (χ1) is 9.52. The number of hydrogen-bond acceptors (Lipinski definition) is 5. The van der Waals surface area contributed by atoms with Gasteiger partial charge in [0.1, 0.15) is 17.5 Å². The van der Waals surface area contributed by atoms with Crippen LogP contribution in [-0.2, 0) is 0 Å². The van der Waals surface area contributed by atoms with Gasteiger partial charge in [-0.05, 0) is 19.8 Å². The van der Waals surface area contributed by atoms with Crippen LogP contribution in [-0.4, -0.2) is 27.7 Å². The van der Waals surface area contributed by atoms with Crippen molar-refractivity contribution in [1.29, 1.82) is 0 Å². The zero-order valence-corrected chi connectivity index (χ0v) is 12.7. The van der Waals surface area contributed by atoms with Gasteiger partial charge in [0.05, 0.1) is 0 Å². The molecule has 1 heterocycles. The lowest BCUT2D eigenvalue weighted by atomic mass is 9.85. The van der Waals surface area contributed by atoms with Crippen LogP contribution in [0.5, 0.6) is 0 Å². The minimum atomic E-state index is 0.230. The lowest BCUT2D eigenvalue weighted by Gasteiger charge is -2.32. The molecule has 1 aromatic rings. The highest BCUT2D eigenvalue weighted by Gasteiger charge is 2.25. The summed E-state index contributed by atoms with van der Waals surface area (Å²) in [6.07, 6.45) is 4.55. The maximum Gasteiger partial charge on any atom is 0.135 e. The third kappa shape index (κ3) is 3.20. The Labute approximate surface area is 121 Å². The van der Waals surface area contributed by atoms with Crippen molar-refractivity contribution in [3.8, 4) is 0 Å². The van der Waals surface area contributed by atoms with Gasteiger partial charge < -0.3 is 16.2 Å². The van der Waals surface area contributed by atoms with Gasteiger partial charge in [0, 0.05) is 30.0 Å². The molecule has 0 spiro atoms. The fraction of sp³-hybridized carbons (Fsp3) is 0.733. The monoisotopic (exact) mass is 278 g/mol. The molecule has 20 heavy (non-hydrogen) atoms. The van der Waals surface area contributed by atoms with Crippen molar-refractivity contribution in [2.24, 2.45) is 5.92 Å². The van der Waals surface area contributed by atoms with Crippen LogP contribution in [0.3, 0.4) is 0 Å². The summed E-state index contributed by atoms with van der Waals surface area (Å²) in [5.74, 6) is 2.70. The normalized spacial score (nSPS) is 23.1. The van der Waals surface area contributed by atoms with Crippen molar-refractivity contribution < 1.29 is 5.11 Å². The van der Waals surface area contributed by atoms with E-state index in [1.807, 2.05) is 6.92 Å². The maximum atomic E-state index is 9.51. The standard InChI is InChI=1S/C15H26N4O/c1-9(2)14-18-13(16)10(3)15(19-14)17-12-7-5-4-6-11(12)8-20/h9,11-12,20H,4-8H2,1-3H3,(H3,16,17,18,19). The molecule has 0 radical (unpaired) electrons. The van der Waals surface area contributed by atoms with Crippen LogP contribution in [0.2, 0.25) is 0 Å². The van der Waals surface area contributed by atoms with Gasteiger partial charge in [-0.3, -0.25) is 0 Å². The summed E-state index contributed by atoms with van der Waals surface area (Å²) in [4.78, 5) is 8.95. The van der Waals surface area contributed by atoms with Gasteiger partial charge in [-0.2, -0.15) is 0 Å². The topological polar surface area (TPSA) is 84.1 Å². The summed E-state index contributed by atoms with van der Waals surface area (Å²) in [6, 6.07) is 0.279. The molecule has 0 aliphatic heterocycles. The Hall–Kier alpha value is -1.36. The Kier molecular flexibility index (Phi) is 4.81. The van der Waals surface area contributed by atoms with E-state index < -0.39 is 0 Å². The number of nitrogens with two attached hydrogens (primary N) is 1. The van der Waals surface area contributed by atoms with Crippen molar-refractivity contribution in [3.63, 3.8) is 0 Å². The molecule has 4 N–H and O–H groups in total. The van der Waals surface area contributed by atoms with Crippen molar-refractivity contribution in [1.82, 2.24) is 9.97 Å². The number of nitrogen functional groups attached to an aromatic ring is 1. The van der Waals surface area contributed by atoms with E-state index in [0.29, 0.717) is 11.7 Å². The van der Waals surface area contributed by atoms with Crippen molar-refractivity contribution in [3.05, 3.63) is 11.4 Å². The first-order valence-electron chi connectivity index (χ1n) is 7.54. The first kappa shape index (κ1) is 15.0. The van der Waals surface area contributed by atoms with Crippen LogP contribution in [0.1, 0.15) is 56.8 Å². The minimum absolute atomic E-state index is 0.230. The largest absolute Gasteiger partial charge is 0.396 e. The molecule has 0 amide bonds. The maximum absolute atomic E-state index is 9.51. The van der Waals surface area contributed by atoms with Gasteiger partial charge in [-0.15, -0.1) is 0 Å². The quantitative estimate of drug-likeness (QED) is 0.788. The third-order valence-electron chi connectivity index (χ3n) is 4.18. The number of nitrogens with zero attached hydrogens (tertiary/aromatic N) is 2. The molecule has 2 rings (SSSR count). The average molecular weight is 278 g/mol. The Bertz CT molecular complexity index is 461. The molecule has 2 atom stereocenters. The molecule has 1 aromatic heterocycles. The summed E-state index contributed by atoms with van der Waals surface area (Å²) < 4.78 is 0. The Morgan fingerprint density at radius 3 is 2.65 bits per heavy atom. The minimum Gasteiger partial charge on any atom is -0.396 e. The zero-order chi connectivity index (χ0) is 14.7. The van der Waals surface area contributed by atoms with Gasteiger partial charge in [-0.25, -0.2) is 9.97 Å². The fourth-order valence-electron chi connectivity index (χ4n) is 2.74. The summed E-state index contributed by atoms with van der Waals surface area (Å²) in [6.45, 7) is 6.29. The van der Waals surface area contributed by atoms with E-state index in [0.717, 1.165) is 30.0 Å². The van der Waals surface area contributed by atoms with Gasteiger partial charge in [-0.1, -0.05) is 26.7 Å². The van der Waals surface area contributed by atoms with E-state index in [2.05, 4.69) is 29.1 Å². The predicted molar refractivity (Wildman–Crippen MR) is 81.7 cm³/mol. The van der Waals surface area contributed by atoms with Gasteiger partial charge >= 0.3 is 0 Å². The second kappa shape index (κ2) is 6.39. The number of rotatable bonds is 4. The smallest absolute Gasteiger partial charge is 0.135 e. The van der Waals surface area contributed by atoms with Crippen LogP contribution in [0.25, 0.3) is 0 Å². The van der Waals surface area contributed by atoms with Crippen LogP contribution in [0.4, 0.5) is 11.6 Å². The van der Waals surface area contributed by atoms with Gasteiger partial charge in [0.15, 0.2) is 0 Å². The molecule has 0 bridgehead atoms. The van der Waals surface area contributed by atoms with Crippen LogP contribution in [0, 0.1) is 12.8 Å². The highest BCUT2D eigenvalue weighted by Crippen LogP contribution is 2.29. The highest BCUT2D eigenvalue weighted by molar-refractivity contribution is 5.55. The van der Waals surface area contributed by atoms with E-state index in [4.69, 9.17) is 5.73 Å². The molecule has 2 unspecified atom stereocenters. The molecule has 1 aliphatic rings. The molecular formula is C15H26N4O. The van der Waals surface area contributed by atoms with Crippen molar-refractivity contribution in [2.45, 2.75) is 58.4 Å². The predicted octanol–water partition coefficient (Wildman–Crippen LogP) is 2.45. The molecule has 1 aliphatic carbocycles. The molecular weight excluding hydrogens is 252 g/mol. The zero-order valence-electron chi connectivity index (χ0n) is 12.7. The summed E-state index contributed by atoms with van der Waals surface area (Å²) in [7, 11) is 0. The lowest BCUT2D eigenvalue weighted by Crippen LogP contribution is -2.35. The van der Waals surface area contributed by atoms with Crippen molar-refractivity contribution >= 4 is 11.6 Å². The number of anilines is 2. The van der Waals surface area contributed by atoms with Crippen LogP contribution >= 0.6 is 0 Å². The highest BCUT2D eigenvalue weighted by atomic mass is 16.3. The van der Waals surface area contributed by atoms with Gasteiger partial charge in [0.2, 0.25) is 0 Å². The fourth-order valence-corrected chi connectivity index (χ4v) is 2.74. The molecule has 5 heteroatoms. The van der Waals surface area contributed by atoms with Crippen LogP contribution < -0.4 is 11.1 Å². The number of hydrogen-bond donors (Lipinski definition) is 3. The summed E-state index contributed by atoms with van der Waals surface area (Å²) in [5, 5.41) is 13.0. The van der Waals surface area contributed by atoms with E-state index in [-0.39, 0.29) is 18.6 Å². The van der Waals surface area contributed by atoms with Crippen LogP contribution in [0.15, 0.2) is 0 Å².